The Balaban J connectivity index is 1.58. The van der Waals surface area contributed by atoms with E-state index < -0.39 is 12.1 Å². The number of alkyl carbamates (subject to hydrolysis) is 1. The summed E-state index contributed by atoms with van der Waals surface area (Å²) in [5.74, 6) is -1.26. The quantitative estimate of drug-likeness (QED) is 0.226. The molecule has 11 nitrogen and oxygen atoms in total. The molecule has 3 N–H and O–H groups in total. The Labute approximate surface area is 219 Å². The highest BCUT2D eigenvalue weighted by Crippen LogP contribution is 2.30. The molecule has 1 aliphatic heterocycles. The van der Waals surface area contributed by atoms with Crippen LogP contribution in [0.15, 0.2) is 29.6 Å². The lowest BCUT2D eigenvalue weighted by Crippen LogP contribution is -2.47. The maximum absolute atomic E-state index is 12.0. The molecule has 0 spiro atoms. The lowest BCUT2D eigenvalue weighted by molar-refractivity contribution is -0.146. The van der Waals surface area contributed by atoms with Crippen LogP contribution in [-0.2, 0) is 19.1 Å². The maximum Gasteiger partial charge on any atom is 0.412 e. The Morgan fingerprint density at radius 2 is 1.84 bits per heavy atom. The predicted molar refractivity (Wildman–Crippen MR) is 140 cm³/mol. The summed E-state index contributed by atoms with van der Waals surface area (Å²) in [6, 6.07) is 7.33. The van der Waals surface area contributed by atoms with Gasteiger partial charge in [0.2, 0.25) is 0 Å². The highest BCUT2D eigenvalue weighted by Gasteiger charge is 2.28. The maximum atomic E-state index is 12.0. The van der Waals surface area contributed by atoms with Gasteiger partial charge in [-0.1, -0.05) is 24.3 Å². The van der Waals surface area contributed by atoms with Crippen molar-refractivity contribution in [1.29, 1.82) is 5.41 Å². The van der Waals surface area contributed by atoms with Crippen molar-refractivity contribution < 1.29 is 29.0 Å². The van der Waals surface area contributed by atoms with Crippen LogP contribution >= 0.6 is 11.3 Å². The number of hydrogen-bond acceptors (Lipinski definition) is 10. The number of carbonyl (C=O) groups excluding carboxylic acids is 2. The number of carboxylic acid groups (broad SMARTS) is 1. The third-order valence-corrected chi connectivity index (χ3v) is 6.87. The van der Waals surface area contributed by atoms with Crippen LogP contribution in [0.3, 0.4) is 0 Å². The largest absolute Gasteiger partial charge is 0.481 e. The van der Waals surface area contributed by atoms with Crippen molar-refractivity contribution in [3.05, 3.63) is 35.2 Å². The van der Waals surface area contributed by atoms with Crippen molar-refractivity contribution in [2.24, 2.45) is 0 Å². The van der Waals surface area contributed by atoms with E-state index in [1.54, 1.807) is 37.3 Å². The molecule has 1 saturated heterocycles. The fraction of sp³-hybridized carbons (Fsp3) is 0.480. The van der Waals surface area contributed by atoms with Gasteiger partial charge >= 0.3 is 18.0 Å². The molecule has 0 atom stereocenters. The first kappa shape index (κ1) is 28.1. The number of piperidine rings is 1. The minimum atomic E-state index is -0.887. The van der Waals surface area contributed by atoms with Crippen LogP contribution in [0.2, 0.25) is 0 Å². The summed E-state index contributed by atoms with van der Waals surface area (Å²) in [5.41, 5.74) is 2.29. The van der Waals surface area contributed by atoms with Crippen molar-refractivity contribution in [3.8, 4) is 11.3 Å². The second-order valence-corrected chi connectivity index (χ2v) is 9.29. The molecular formula is C25H33N5O6S. The number of hydrogen-bond donors (Lipinski definition) is 3. The van der Waals surface area contributed by atoms with Gasteiger partial charge in [-0.25, -0.2) is 9.78 Å². The minimum absolute atomic E-state index is 0.0212. The first-order chi connectivity index (χ1) is 17.8. The smallest absolute Gasteiger partial charge is 0.412 e. The zero-order valence-corrected chi connectivity index (χ0v) is 21.9. The Morgan fingerprint density at radius 3 is 2.46 bits per heavy atom. The van der Waals surface area contributed by atoms with Crippen LogP contribution in [-0.4, -0.2) is 84.3 Å². The molecule has 1 aromatic carbocycles. The Hall–Kier alpha value is -3.51. The van der Waals surface area contributed by atoms with Gasteiger partial charge in [0, 0.05) is 42.2 Å². The number of aromatic nitrogens is 1. The zero-order chi connectivity index (χ0) is 26.8. The number of amides is 1. The van der Waals surface area contributed by atoms with Crippen LogP contribution in [0.5, 0.6) is 0 Å². The first-order valence-electron chi connectivity index (χ1n) is 12.3. The van der Waals surface area contributed by atoms with Crippen molar-refractivity contribution >= 4 is 40.3 Å². The van der Waals surface area contributed by atoms with Crippen LogP contribution in [0.1, 0.15) is 38.7 Å². The summed E-state index contributed by atoms with van der Waals surface area (Å²) >= 11 is 1.55. The number of nitrogens with zero attached hydrogens (tertiary/aromatic N) is 3. The van der Waals surface area contributed by atoms with Gasteiger partial charge < -0.3 is 19.5 Å². The highest BCUT2D eigenvalue weighted by molar-refractivity contribution is 7.14. The van der Waals surface area contributed by atoms with E-state index in [0.29, 0.717) is 18.7 Å². The van der Waals surface area contributed by atoms with Gasteiger partial charge in [-0.05, 0) is 26.7 Å². The normalized spacial score (nSPS) is 13.9. The number of carboxylic acids is 1. The molecule has 1 fully saturated rings. The topological polar surface area (TPSA) is 145 Å². The molecular weight excluding hydrogens is 498 g/mol. The van der Waals surface area contributed by atoms with E-state index in [9.17, 15) is 14.4 Å². The van der Waals surface area contributed by atoms with E-state index >= 15 is 0 Å². The molecule has 12 heteroatoms. The van der Waals surface area contributed by atoms with Crippen molar-refractivity contribution in [2.75, 3.05) is 44.3 Å². The van der Waals surface area contributed by atoms with Crippen molar-refractivity contribution in [1.82, 2.24) is 15.2 Å². The molecule has 1 aliphatic rings. The van der Waals surface area contributed by atoms with Gasteiger partial charge in [0.1, 0.15) is 5.84 Å². The molecule has 37 heavy (non-hydrogen) atoms. The van der Waals surface area contributed by atoms with E-state index in [1.807, 2.05) is 22.4 Å². The number of benzene rings is 1. The van der Waals surface area contributed by atoms with E-state index in [1.165, 1.54) is 0 Å². The Kier molecular flexibility index (Phi) is 10.4. The summed E-state index contributed by atoms with van der Waals surface area (Å²) in [6.45, 7) is 5.89. The van der Waals surface area contributed by atoms with E-state index in [4.69, 9.17) is 25.0 Å². The average molecular weight is 532 g/mol. The summed E-state index contributed by atoms with van der Waals surface area (Å²) in [6.07, 6.45) is 0.902. The number of amidine groups is 1. The summed E-state index contributed by atoms with van der Waals surface area (Å²) in [7, 11) is 0. The molecule has 0 saturated carbocycles. The molecule has 2 aromatic rings. The molecule has 2 heterocycles. The number of rotatable bonds is 11. The monoisotopic (exact) mass is 531 g/mol. The van der Waals surface area contributed by atoms with E-state index in [2.05, 4.69) is 10.2 Å². The van der Waals surface area contributed by atoms with Crippen molar-refractivity contribution in [3.63, 3.8) is 0 Å². The number of carbonyl (C=O) groups is 3. The number of esters is 1. The zero-order valence-electron chi connectivity index (χ0n) is 21.1. The third kappa shape index (κ3) is 8.25. The molecule has 200 valence electrons. The number of thiazole rings is 1. The van der Waals surface area contributed by atoms with Crippen LogP contribution in [0, 0.1) is 5.41 Å². The second kappa shape index (κ2) is 13.7. The van der Waals surface area contributed by atoms with Crippen LogP contribution in [0.25, 0.3) is 11.3 Å². The molecule has 0 bridgehead atoms. The number of nitrogens with one attached hydrogen (secondary N) is 2. The van der Waals surface area contributed by atoms with Gasteiger partial charge in [0.15, 0.2) is 5.13 Å². The van der Waals surface area contributed by atoms with Gasteiger partial charge in [0.05, 0.1) is 31.9 Å². The molecule has 1 aromatic heterocycles. The molecule has 0 radical (unpaired) electrons. The lowest BCUT2D eigenvalue weighted by Gasteiger charge is -2.37. The summed E-state index contributed by atoms with van der Waals surface area (Å²) in [4.78, 5) is 43.6. The SMILES string of the molecule is CCOC(=O)CN(CCC(=O)O)C1CCN(c2nc(-c3ccc(C(=N)NC(=O)OCC)cc3)cs2)CC1. The van der Waals surface area contributed by atoms with Gasteiger partial charge in [0.25, 0.3) is 0 Å². The number of anilines is 1. The molecule has 0 aliphatic carbocycles. The standard InChI is InChI=1S/C25H33N5O6S/c1-3-35-22(33)15-30(14-11-21(31)32)19-9-12-29(13-10-19)24-27-20(16-37-24)17-5-7-18(8-6-17)23(26)28-25(34)36-4-2/h5-8,16,19H,3-4,9-15H2,1-2H3,(H,31,32)(H2,26,28,34). The van der Waals surface area contributed by atoms with Gasteiger partial charge in [-0.15, -0.1) is 11.3 Å². The fourth-order valence-electron chi connectivity index (χ4n) is 4.12. The van der Waals surface area contributed by atoms with Crippen LogP contribution < -0.4 is 10.2 Å². The Bertz CT molecular complexity index is 1080. The highest BCUT2D eigenvalue weighted by atomic mass is 32.1. The number of ether oxygens (including phenoxy) is 2. The predicted octanol–water partition coefficient (Wildman–Crippen LogP) is 3.19. The summed E-state index contributed by atoms with van der Waals surface area (Å²) in [5, 5.41) is 22.4. The van der Waals surface area contributed by atoms with Crippen LogP contribution in [0.4, 0.5) is 9.93 Å². The fourth-order valence-corrected chi connectivity index (χ4v) is 5.00. The summed E-state index contributed by atoms with van der Waals surface area (Å²) < 4.78 is 9.87. The van der Waals surface area contributed by atoms with Gasteiger partial charge in [-0.3, -0.25) is 25.2 Å². The van der Waals surface area contributed by atoms with E-state index in [-0.39, 0.29) is 37.4 Å². The lowest BCUT2D eigenvalue weighted by atomic mass is 10.0. The molecule has 0 unspecified atom stereocenters. The second-order valence-electron chi connectivity index (χ2n) is 8.45. The van der Waals surface area contributed by atoms with Crippen molar-refractivity contribution in [2.45, 2.75) is 39.2 Å². The van der Waals surface area contributed by atoms with Gasteiger partial charge in [-0.2, -0.15) is 0 Å². The average Bonchev–Trinajstić information content (AvgIpc) is 3.37. The first-order valence-corrected chi connectivity index (χ1v) is 13.1. The van der Waals surface area contributed by atoms with E-state index in [0.717, 1.165) is 42.3 Å². The minimum Gasteiger partial charge on any atom is -0.481 e. The molecule has 1 amide bonds. The molecule has 3 rings (SSSR count). The Morgan fingerprint density at radius 1 is 1.16 bits per heavy atom. The number of aliphatic carboxylic acids is 1. The third-order valence-electron chi connectivity index (χ3n) is 5.97.